The van der Waals surface area contributed by atoms with Gasteiger partial charge < -0.3 is 5.32 Å². The van der Waals surface area contributed by atoms with E-state index < -0.39 is 0 Å². The van der Waals surface area contributed by atoms with Crippen LogP contribution in [0.25, 0.3) is 0 Å². The van der Waals surface area contributed by atoms with Crippen molar-refractivity contribution in [3.05, 3.63) is 35.4 Å². The SMILES string of the molecule is CC(Cl)CCNCc1ccc(C(C)C)cc1. The van der Waals surface area contributed by atoms with Gasteiger partial charge in [-0.25, -0.2) is 0 Å². The van der Waals surface area contributed by atoms with Gasteiger partial charge in [0.2, 0.25) is 0 Å². The molecule has 1 atom stereocenters. The molecular formula is C14H22ClN. The van der Waals surface area contributed by atoms with Gasteiger partial charge in [0.25, 0.3) is 0 Å². The summed E-state index contributed by atoms with van der Waals surface area (Å²) >= 11 is 5.88. The van der Waals surface area contributed by atoms with Crippen LogP contribution in [0.5, 0.6) is 0 Å². The summed E-state index contributed by atoms with van der Waals surface area (Å²) < 4.78 is 0. The summed E-state index contributed by atoms with van der Waals surface area (Å²) in [4.78, 5) is 0. The fourth-order valence-electron chi connectivity index (χ4n) is 1.55. The molecule has 0 spiro atoms. The second-order valence-corrected chi connectivity index (χ2v) is 5.39. The third-order valence-electron chi connectivity index (χ3n) is 2.69. The molecule has 1 unspecified atom stereocenters. The van der Waals surface area contributed by atoms with E-state index in [0.29, 0.717) is 5.92 Å². The fraction of sp³-hybridized carbons (Fsp3) is 0.571. The highest BCUT2D eigenvalue weighted by Gasteiger charge is 1.99. The van der Waals surface area contributed by atoms with Gasteiger partial charge in [-0.15, -0.1) is 11.6 Å². The minimum atomic E-state index is 0.260. The predicted octanol–water partition coefficient (Wildman–Crippen LogP) is 3.92. The van der Waals surface area contributed by atoms with Gasteiger partial charge in [-0.3, -0.25) is 0 Å². The molecule has 1 nitrogen and oxygen atoms in total. The van der Waals surface area contributed by atoms with Crippen molar-refractivity contribution in [3.8, 4) is 0 Å². The summed E-state index contributed by atoms with van der Waals surface area (Å²) in [5.41, 5.74) is 2.74. The average molecular weight is 240 g/mol. The van der Waals surface area contributed by atoms with Gasteiger partial charge in [-0.1, -0.05) is 38.1 Å². The number of alkyl halides is 1. The van der Waals surface area contributed by atoms with Crippen LogP contribution in [0, 0.1) is 0 Å². The monoisotopic (exact) mass is 239 g/mol. The maximum Gasteiger partial charge on any atom is 0.0319 e. The minimum absolute atomic E-state index is 0.260. The molecule has 1 N–H and O–H groups in total. The van der Waals surface area contributed by atoms with Gasteiger partial charge in [-0.05, 0) is 36.9 Å². The Hall–Kier alpha value is -0.530. The lowest BCUT2D eigenvalue weighted by atomic mass is 10.0. The Balaban J connectivity index is 2.32. The first-order valence-corrected chi connectivity index (χ1v) is 6.47. The molecule has 16 heavy (non-hydrogen) atoms. The lowest BCUT2D eigenvalue weighted by molar-refractivity contribution is 0.644. The van der Waals surface area contributed by atoms with Crippen LogP contribution in [0.15, 0.2) is 24.3 Å². The Kier molecular flexibility index (Phi) is 5.86. The zero-order valence-corrected chi connectivity index (χ0v) is 11.2. The van der Waals surface area contributed by atoms with Crippen molar-refractivity contribution >= 4 is 11.6 Å². The highest BCUT2D eigenvalue weighted by Crippen LogP contribution is 2.14. The first-order valence-electron chi connectivity index (χ1n) is 6.03. The Bertz CT molecular complexity index is 290. The molecule has 0 aliphatic heterocycles. The third kappa shape index (κ3) is 5.00. The van der Waals surface area contributed by atoms with Crippen LogP contribution in [-0.2, 0) is 6.54 Å². The molecule has 0 saturated heterocycles. The van der Waals surface area contributed by atoms with Crippen LogP contribution in [0.4, 0.5) is 0 Å². The van der Waals surface area contributed by atoms with Crippen molar-refractivity contribution in [2.75, 3.05) is 6.54 Å². The molecule has 0 heterocycles. The molecule has 0 aromatic heterocycles. The zero-order valence-electron chi connectivity index (χ0n) is 10.5. The fourth-order valence-corrected chi connectivity index (χ4v) is 1.66. The van der Waals surface area contributed by atoms with Crippen LogP contribution < -0.4 is 5.32 Å². The maximum absolute atomic E-state index is 5.88. The number of halogens is 1. The Morgan fingerprint density at radius 3 is 2.25 bits per heavy atom. The number of hydrogen-bond acceptors (Lipinski definition) is 1. The lowest BCUT2D eigenvalue weighted by Gasteiger charge is -2.08. The molecule has 0 aliphatic rings. The summed E-state index contributed by atoms with van der Waals surface area (Å²) in [5.74, 6) is 0.610. The summed E-state index contributed by atoms with van der Waals surface area (Å²) in [6.07, 6.45) is 1.02. The van der Waals surface area contributed by atoms with E-state index >= 15 is 0 Å². The van der Waals surface area contributed by atoms with Gasteiger partial charge in [0.15, 0.2) is 0 Å². The zero-order chi connectivity index (χ0) is 12.0. The van der Waals surface area contributed by atoms with E-state index in [1.54, 1.807) is 0 Å². The molecule has 0 radical (unpaired) electrons. The summed E-state index contributed by atoms with van der Waals surface area (Å²) in [5, 5.41) is 3.66. The molecular weight excluding hydrogens is 218 g/mol. The average Bonchev–Trinajstić information content (AvgIpc) is 2.25. The minimum Gasteiger partial charge on any atom is -0.313 e. The van der Waals surface area contributed by atoms with Crippen molar-refractivity contribution in [1.82, 2.24) is 5.32 Å². The maximum atomic E-state index is 5.88. The lowest BCUT2D eigenvalue weighted by Crippen LogP contribution is -2.16. The smallest absolute Gasteiger partial charge is 0.0319 e. The summed E-state index contributed by atoms with van der Waals surface area (Å²) in [6, 6.07) is 8.83. The van der Waals surface area contributed by atoms with Gasteiger partial charge >= 0.3 is 0 Å². The van der Waals surface area contributed by atoms with Crippen LogP contribution >= 0.6 is 11.6 Å². The molecule has 0 aliphatic carbocycles. The number of rotatable bonds is 6. The van der Waals surface area contributed by atoms with Crippen molar-refractivity contribution in [3.63, 3.8) is 0 Å². The Labute approximate surface area is 104 Å². The predicted molar refractivity (Wildman–Crippen MR) is 72.2 cm³/mol. The van der Waals surface area contributed by atoms with Crippen molar-refractivity contribution in [2.45, 2.75) is 45.0 Å². The summed E-state index contributed by atoms with van der Waals surface area (Å²) in [7, 11) is 0. The first-order chi connectivity index (χ1) is 7.59. The molecule has 1 aromatic carbocycles. The van der Waals surface area contributed by atoms with Crippen LogP contribution in [0.1, 0.15) is 44.2 Å². The Morgan fingerprint density at radius 2 is 1.75 bits per heavy atom. The molecule has 0 amide bonds. The van der Waals surface area contributed by atoms with Gasteiger partial charge in [0.05, 0.1) is 0 Å². The first kappa shape index (κ1) is 13.5. The van der Waals surface area contributed by atoms with E-state index in [1.165, 1.54) is 11.1 Å². The standard InChI is InChI=1S/C14H22ClN/c1-11(2)14-6-4-13(5-7-14)10-16-9-8-12(3)15/h4-7,11-12,16H,8-10H2,1-3H3. The molecule has 90 valence electrons. The highest BCUT2D eigenvalue weighted by atomic mass is 35.5. The quantitative estimate of drug-likeness (QED) is 0.586. The molecule has 2 heteroatoms. The van der Waals surface area contributed by atoms with Crippen molar-refractivity contribution < 1.29 is 0 Å². The third-order valence-corrected chi connectivity index (χ3v) is 2.91. The van der Waals surface area contributed by atoms with E-state index in [-0.39, 0.29) is 5.38 Å². The van der Waals surface area contributed by atoms with Gasteiger partial charge in [0.1, 0.15) is 0 Å². The molecule has 0 bridgehead atoms. The van der Waals surface area contributed by atoms with E-state index in [2.05, 4.69) is 43.4 Å². The number of benzene rings is 1. The van der Waals surface area contributed by atoms with Crippen LogP contribution in [-0.4, -0.2) is 11.9 Å². The molecule has 0 fully saturated rings. The second kappa shape index (κ2) is 6.93. The number of nitrogens with one attached hydrogen (secondary N) is 1. The van der Waals surface area contributed by atoms with E-state index in [9.17, 15) is 0 Å². The van der Waals surface area contributed by atoms with E-state index in [1.807, 2.05) is 6.92 Å². The normalized spacial score (nSPS) is 13.1. The van der Waals surface area contributed by atoms with Crippen molar-refractivity contribution in [1.29, 1.82) is 0 Å². The summed E-state index contributed by atoms with van der Waals surface area (Å²) in [6.45, 7) is 8.38. The van der Waals surface area contributed by atoms with Crippen LogP contribution in [0.3, 0.4) is 0 Å². The largest absolute Gasteiger partial charge is 0.313 e. The topological polar surface area (TPSA) is 12.0 Å². The molecule has 1 aromatic rings. The number of hydrogen-bond donors (Lipinski definition) is 1. The molecule has 0 saturated carbocycles. The van der Waals surface area contributed by atoms with E-state index in [4.69, 9.17) is 11.6 Å². The highest BCUT2D eigenvalue weighted by molar-refractivity contribution is 6.20. The van der Waals surface area contributed by atoms with Crippen LogP contribution in [0.2, 0.25) is 0 Å². The van der Waals surface area contributed by atoms with Crippen molar-refractivity contribution in [2.24, 2.45) is 0 Å². The van der Waals surface area contributed by atoms with Gasteiger partial charge in [0, 0.05) is 11.9 Å². The molecule has 1 rings (SSSR count). The van der Waals surface area contributed by atoms with E-state index in [0.717, 1.165) is 19.5 Å². The second-order valence-electron chi connectivity index (χ2n) is 4.64. The Morgan fingerprint density at radius 1 is 1.12 bits per heavy atom. The van der Waals surface area contributed by atoms with Gasteiger partial charge in [-0.2, -0.15) is 0 Å².